The van der Waals surface area contributed by atoms with Crippen LogP contribution < -0.4 is 5.73 Å². The Kier molecular flexibility index (Phi) is 3.47. The minimum Gasteiger partial charge on any atom is -0.368 e. The van der Waals surface area contributed by atoms with Crippen molar-refractivity contribution in [1.29, 1.82) is 5.41 Å². The molecule has 0 unspecified atom stereocenters. The summed E-state index contributed by atoms with van der Waals surface area (Å²) in [6, 6.07) is 7.39. The van der Waals surface area contributed by atoms with E-state index in [9.17, 15) is 4.48 Å². The third-order valence-electron chi connectivity index (χ3n) is 1.47. The Morgan fingerprint density at radius 1 is 1.62 bits per heavy atom. The molecular weight excluding hydrogens is 284 g/mol. The molecule has 70 valence electrons. The van der Waals surface area contributed by atoms with Gasteiger partial charge in [0, 0.05) is 3.57 Å². The summed E-state index contributed by atoms with van der Waals surface area (Å²) in [5, 5.41) is 7.03. The maximum atomic E-state index is 12.8. The first-order chi connectivity index (χ1) is 6.09. The quantitative estimate of drug-likeness (QED) is 0.378. The van der Waals surface area contributed by atoms with Crippen molar-refractivity contribution in [3.63, 3.8) is 0 Å². The lowest BCUT2D eigenvalue weighted by Gasteiger charge is -2.10. The van der Waals surface area contributed by atoms with E-state index in [4.69, 9.17) is 11.1 Å². The van der Waals surface area contributed by atoms with Crippen molar-refractivity contribution < 1.29 is 4.48 Å². The van der Waals surface area contributed by atoms with E-state index in [1.807, 2.05) is 18.2 Å². The van der Waals surface area contributed by atoms with Gasteiger partial charge in [-0.1, -0.05) is 16.6 Å². The van der Waals surface area contributed by atoms with Crippen molar-refractivity contribution in [3.8, 4) is 0 Å². The summed E-state index contributed by atoms with van der Waals surface area (Å²) in [5.41, 5.74) is 5.75. The number of hydrogen-bond acceptors (Lipinski definition) is 1. The summed E-state index contributed by atoms with van der Waals surface area (Å²) < 4.78 is 13.9. The molecule has 0 saturated heterocycles. The lowest BCUT2D eigenvalue weighted by molar-refractivity contribution is 0.108. The van der Waals surface area contributed by atoms with Gasteiger partial charge in [0.2, 0.25) is 5.96 Å². The van der Waals surface area contributed by atoms with Crippen molar-refractivity contribution >= 4 is 28.6 Å². The summed E-state index contributed by atoms with van der Waals surface area (Å²) in [6.07, 6.45) is 0. The highest BCUT2D eigenvalue weighted by atomic mass is 127. The van der Waals surface area contributed by atoms with Crippen LogP contribution in [0.15, 0.2) is 24.3 Å². The van der Waals surface area contributed by atoms with Crippen molar-refractivity contribution in [1.82, 2.24) is 5.12 Å². The van der Waals surface area contributed by atoms with E-state index in [1.54, 1.807) is 6.07 Å². The Hall–Kier alpha value is -0.850. The zero-order chi connectivity index (χ0) is 9.84. The summed E-state index contributed by atoms with van der Waals surface area (Å²) in [4.78, 5) is 0. The van der Waals surface area contributed by atoms with Gasteiger partial charge in [-0.2, -0.15) is 5.12 Å². The van der Waals surface area contributed by atoms with E-state index >= 15 is 0 Å². The molecule has 0 fully saturated rings. The van der Waals surface area contributed by atoms with E-state index < -0.39 is 5.96 Å². The molecule has 0 aliphatic rings. The molecular formula is C8H9FIN3. The number of nitrogens with zero attached hydrogens (tertiary/aromatic N) is 1. The van der Waals surface area contributed by atoms with Gasteiger partial charge in [-0.25, -0.2) is 0 Å². The molecule has 1 aromatic carbocycles. The number of halogens is 2. The zero-order valence-electron chi connectivity index (χ0n) is 6.80. The Morgan fingerprint density at radius 3 is 2.85 bits per heavy atom. The van der Waals surface area contributed by atoms with Crippen LogP contribution in [0.5, 0.6) is 0 Å². The minimum absolute atomic E-state index is 0.0200. The Morgan fingerprint density at radius 2 is 2.31 bits per heavy atom. The fourth-order valence-electron chi connectivity index (χ4n) is 0.881. The second-order valence-electron chi connectivity index (χ2n) is 2.54. The third-order valence-corrected chi connectivity index (χ3v) is 2.14. The van der Waals surface area contributed by atoms with E-state index in [0.29, 0.717) is 0 Å². The molecule has 5 heteroatoms. The van der Waals surface area contributed by atoms with Gasteiger partial charge in [0.1, 0.15) is 0 Å². The minimum atomic E-state index is -0.570. The molecule has 0 aliphatic heterocycles. The van der Waals surface area contributed by atoms with Crippen LogP contribution >= 0.6 is 22.6 Å². The second kappa shape index (κ2) is 4.40. The first kappa shape index (κ1) is 10.2. The lowest BCUT2D eigenvalue weighted by atomic mass is 10.2. The van der Waals surface area contributed by atoms with Gasteiger partial charge in [-0.3, -0.25) is 5.41 Å². The van der Waals surface area contributed by atoms with E-state index in [0.717, 1.165) is 9.13 Å². The monoisotopic (exact) mass is 293 g/mol. The highest BCUT2D eigenvalue weighted by Gasteiger charge is 2.05. The number of nitrogens with two attached hydrogens (primary N) is 1. The second-order valence-corrected chi connectivity index (χ2v) is 3.78. The molecule has 0 amide bonds. The standard InChI is InChI=1S/C8H9FIN3/c9-13(8(11)12)5-6-2-1-3-7(10)4-6/h1-4H,5H2,(H3,11,12). The summed E-state index contributed by atoms with van der Waals surface area (Å²) in [5.74, 6) is -0.570. The molecule has 3 nitrogen and oxygen atoms in total. The highest BCUT2D eigenvalue weighted by Crippen LogP contribution is 2.10. The van der Waals surface area contributed by atoms with Crippen molar-refractivity contribution in [3.05, 3.63) is 33.4 Å². The zero-order valence-corrected chi connectivity index (χ0v) is 8.95. The smallest absolute Gasteiger partial charge is 0.217 e. The van der Waals surface area contributed by atoms with Crippen LogP contribution in [-0.2, 0) is 6.54 Å². The van der Waals surface area contributed by atoms with E-state index in [-0.39, 0.29) is 11.7 Å². The van der Waals surface area contributed by atoms with Crippen molar-refractivity contribution in [2.75, 3.05) is 0 Å². The van der Waals surface area contributed by atoms with Crippen molar-refractivity contribution in [2.45, 2.75) is 6.54 Å². The molecule has 0 saturated carbocycles. The Bertz CT molecular complexity index is 316. The van der Waals surface area contributed by atoms with Crippen LogP contribution in [0.25, 0.3) is 0 Å². The highest BCUT2D eigenvalue weighted by molar-refractivity contribution is 14.1. The molecule has 0 aliphatic carbocycles. The molecule has 0 aromatic heterocycles. The molecule has 0 bridgehead atoms. The average molecular weight is 293 g/mol. The number of guanidine groups is 1. The molecule has 0 radical (unpaired) electrons. The normalized spacial score (nSPS) is 9.69. The van der Waals surface area contributed by atoms with Gasteiger partial charge in [0.25, 0.3) is 0 Å². The number of hydrogen-bond donors (Lipinski definition) is 2. The van der Waals surface area contributed by atoms with Gasteiger partial charge < -0.3 is 5.73 Å². The summed E-state index contributed by atoms with van der Waals surface area (Å²) in [6.45, 7) is 0.0200. The maximum Gasteiger partial charge on any atom is 0.217 e. The first-order valence-corrected chi connectivity index (χ1v) is 4.69. The van der Waals surface area contributed by atoms with Gasteiger partial charge in [0.15, 0.2) is 0 Å². The van der Waals surface area contributed by atoms with Crippen LogP contribution in [0.2, 0.25) is 0 Å². The van der Waals surface area contributed by atoms with Gasteiger partial charge in [-0.05, 0) is 40.3 Å². The largest absolute Gasteiger partial charge is 0.368 e. The Labute approximate surface area is 89.3 Å². The fraction of sp³-hybridized carbons (Fsp3) is 0.125. The molecule has 0 heterocycles. The van der Waals surface area contributed by atoms with Gasteiger partial charge >= 0.3 is 0 Å². The topological polar surface area (TPSA) is 53.1 Å². The predicted octanol–water partition coefficient (Wildman–Crippen LogP) is 1.87. The summed E-state index contributed by atoms with van der Waals surface area (Å²) in [7, 11) is 0. The lowest BCUT2D eigenvalue weighted by Crippen LogP contribution is -2.28. The Balaban J connectivity index is 2.69. The molecule has 1 aromatic rings. The van der Waals surface area contributed by atoms with Gasteiger partial charge in [-0.15, -0.1) is 0 Å². The van der Waals surface area contributed by atoms with Crippen LogP contribution in [0.4, 0.5) is 4.48 Å². The number of benzene rings is 1. The third kappa shape index (κ3) is 3.17. The number of nitrogens with one attached hydrogen (secondary N) is 1. The van der Waals surface area contributed by atoms with E-state index in [1.165, 1.54) is 0 Å². The maximum absolute atomic E-state index is 12.8. The summed E-state index contributed by atoms with van der Waals surface area (Å²) >= 11 is 2.14. The van der Waals surface area contributed by atoms with Crippen molar-refractivity contribution in [2.24, 2.45) is 5.73 Å². The fourth-order valence-corrected chi connectivity index (χ4v) is 1.49. The molecule has 13 heavy (non-hydrogen) atoms. The van der Waals surface area contributed by atoms with Crippen LogP contribution in [0.1, 0.15) is 5.56 Å². The van der Waals surface area contributed by atoms with Crippen LogP contribution in [-0.4, -0.2) is 11.1 Å². The number of rotatable bonds is 2. The average Bonchev–Trinajstić information content (AvgIpc) is 2.04. The van der Waals surface area contributed by atoms with Gasteiger partial charge in [0.05, 0.1) is 6.54 Å². The first-order valence-electron chi connectivity index (χ1n) is 3.61. The molecule has 1 rings (SSSR count). The SMILES string of the molecule is N=C(N)N(F)Cc1cccc(I)c1. The van der Waals surface area contributed by atoms with Crippen LogP contribution in [0, 0.1) is 8.98 Å². The molecule has 0 atom stereocenters. The predicted molar refractivity (Wildman–Crippen MR) is 57.7 cm³/mol. The molecule has 3 N–H and O–H groups in total. The molecule has 0 spiro atoms. The van der Waals surface area contributed by atoms with E-state index in [2.05, 4.69) is 22.6 Å². The van der Waals surface area contributed by atoms with Crippen LogP contribution in [0.3, 0.4) is 0 Å².